The summed E-state index contributed by atoms with van der Waals surface area (Å²) in [5.41, 5.74) is -1.19. The van der Waals surface area contributed by atoms with Crippen LogP contribution >= 0.6 is 0 Å². The van der Waals surface area contributed by atoms with E-state index in [0.717, 1.165) is 18.4 Å². The molecule has 0 aromatic heterocycles. The number of benzene rings is 1. The number of sulfonamides is 1. The van der Waals surface area contributed by atoms with Gasteiger partial charge < -0.3 is 0 Å². The number of nitrogens with two attached hydrogens (primary N) is 1. The lowest BCUT2D eigenvalue weighted by Gasteiger charge is -2.17. The van der Waals surface area contributed by atoms with Gasteiger partial charge >= 0.3 is 6.18 Å². The Hall–Kier alpha value is -1.28. The van der Waals surface area contributed by atoms with Crippen LogP contribution in [0.15, 0.2) is 24.3 Å². The van der Waals surface area contributed by atoms with Crippen molar-refractivity contribution in [2.75, 3.05) is 10.7 Å². The SMILES string of the molecule is CS(=O)(=O)N(N)c1cccc(C(F)(F)F)c1. The van der Waals surface area contributed by atoms with Gasteiger partial charge in [-0.15, -0.1) is 0 Å². The second-order valence-corrected chi connectivity index (χ2v) is 4.97. The normalized spacial score (nSPS) is 12.6. The lowest BCUT2D eigenvalue weighted by atomic mass is 10.2. The van der Waals surface area contributed by atoms with Crippen molar-refractivity contribution in [2.24, 2.45) is 5.84 Å². The number of alkyl halides is 3. The van der Waals surface area contributed by atoms with Crippen LogP contribution in [-0.2, 0) is 16.2 Å². The third-order valence-electron chi connectivity index (χ3n) is 1.79. The van der Waals surface area contributed by atoms with E-state index in [4.69, 9.17) is 5.84 Å². The Morgan fingerprint density at radius 3 is 2.31 bits per heavy atom. The van der Waals surface area contributed by atoms with Crippen molar-refractivity contribution in [1.29, 1.82) is 0 Å². The zero-order valence-electron chi connectivity index (χ0n) is 8.19. The highest BCUT2D eigenvalue weighted by Crippen LogP contribution is 2.31. The highest BCUT2D eigenvalue weighted by Gasteiger charge is 2.31. The van der Waals surface area contributed by atoms with Gasteiger partial charge in [-0.3, -0.25) is 0 Å². The fourth-order valence-corrected chi connectivity index (χ4v) is 1.51. The Bertz CT molecular complexity index is 484. The van der Waals surface area contributed by atoms with Gasteiger partial charge in [0.15, 0.2) is 0 Å². The first-order valence-corrected chi connectivity index (χ1v) is 5.89. The van der Waals surface area contributed by atoms with Crippen molar-refractivity contribution in [2.45, 2.75) is 6.18 Å². The molecule has 1 rings (SSSR count). The highest BCUT2D eigenvalue weighted by atomic mass is 32.2. The van der Waals surface area contributed by atoms with E-state index in [9.17, 15) is 21.6 Å². The molecule has 0 amide bonds. The second-order valence-electron chi connectivity index (χ2n) is 3.11. The molecule has 8 heteroatoms. The summed E-state index contributed by atoms with van der Waals surface area (Å²) in [5, 5.41) is 0. The van der Waals surface area contributed by atoms with Crippen molar-refractivity contribution in [1.82, 2.24) is 0 Å². The summed E-state index contributed by atoms with van der Waals surface area (Å²) in [5.74, 6) is 5.16. The Kier molecular flexibility index (Phi) is 3.15. The molecular weight excluding hydrogens is 245 g/mol. The van der Waals surface area contributed by atoms with E-state index in [1.807, 2.05) is 0 Å². The molecule has 2 N–H and O–H groups in total. The van der Waals surface area contributed by atoms with Gasteiger partial charge in [-0.1, -0.05) is 6.07 Å². The number of halogens is 3. The van der Waals surface area contributed by atoms with E-state index >= 15 is 0 Å². The third-order valence-corrected chi connectivity index (χ3v) is 2.71. The van der Waals surface area contributed by atoms with Crippen LogP contribution in [0.3, 0.4) is 0 Å². The maximum atomic E-state index is 12.3. The van der Waals surface area contributed by atoms with Crippen LogP contribution in [0.25, 0.3) is 0 Å². The van der Waals surface area contributed by atoms with Crippen molar-refractivity contribution in [3.8, 4) is 0 Å². The molecule has 0 aliphatic heterocycles. The van der Waals surface area contributed by atoms with Gasteiger partial charge in [0.05, 0.1) is 17.5 Å². The minimum atomic E-state index is -4.53. The van der Waals surface area contributed by atoms with Gasteiger partial charge in [0.25, 0.3) is 0 Å². The average Bonchev–Trinajstić information content (AvgIpc) is 2.14. The molecular formula is C8H9F3N2O2S. The van der Waals surface area contributed by atoms with E-state index in [1.54, 1.807) is 0 Å². The van der Waals surface area contributed by atoms with Crippen LogP contribution in [0.1, 0.15) is 5.56 Å². The summed E-state index contributed by atoms with van der Waals surface area (Å²) in [6.45, 7) is 0. The largest absolute Gasteiger partial charge is 0.416 e. The number of anilines is 1. The zero-order valence-corrected chi connectivity index (χ0v) is 9.01. The number of rotatable bonds is 2. The number of nitrogens with zero attached hydrogens (tertiary/aromatic N) is 1. The molecule has 1 aromatic rings. The van der Waals surface area contributed by atoms with Crippen LogP contribution < -0.4 is 10.3 Å². The maximum Gasteiger partial charge on any atom is 0.416 e. The molecule has 0 fully saturated rings. The lowest BCUT2D eigenvalue weighted by molar-refractivity contribution is -0.137. The molecule has 0 saturated carbocycles. The Labute approximate surface area is 90.5 Å². The summed E-state index contributed by atoms with van der Waals surface area (Å²) in [6.07, 6.45) is -3.73. The van der Waals surface area contributed by atoms with E-state index < -0.39 is 21.8 Å². The second kappa shape index (κ2) is 3.95. The Morgan fingerprint density at radius 1 is 1.31 bits per heavy atom. The van der Waals surface area contributed by atoms with Gasteiger partial charge in [0.2, 0.25) is 10.0 Å². The molecule has 0 bridgehead atoms. The molecule has 0 spiro atoms. The lowest BCUT2D eigenvalue weighted by Crippen LogP contribution is -2.36. The van der Waals surface area contributed by atoms with Gasteiger partial charge in [-0.05, 0) is 18.2 Å². The molecule has 16 heavy (non-hydrogen) atoms. The Morgan fingerprint density at radius 2 is 1.88 bits per heavy atom. The summed E-state index contributed by atoms with van der Waals surface area (Å²) in [6, 6.07) is 3.76. The van der Waals surface area contributed by atoms with E-state index in [0.29, 0.717) is 10.5 Å². The quantitative estimate of drug-likeness (QED) is 0.640. The summed E-state index contributed by atoms with van der Waals surface area (Å²) < 4.78 is 59.3. The summed E-state index contributed by atoms with van der Waals surface area (Å²) >= 11 is 0. The van der Waals surface area contributed by atoms with Crippen LogP contribution in [0.4, 0.5) is 18.9 Å². The van der Waals surface area contributed by atoms with Crippen molar-refractivity contribution < 1.29 is 21.6 Å². The van der Waals surface area contributed by atoms with Crippen LogP contribution in [0.5, 0.6) is 0 Å². The van der Waals surface area contributed by atoms with E-state index in [-0.39, 0.29) is 5.69 Å². The standard InChI is InChI=1S/C8H9F3N2O2S/c1-16(14,15)13(12)7-4-2-3-6(5-7)8(9,10)11/h2-5H,12H2,1H3. The molecule has 4 nitrogen and oxygen atoms in total. The zero-order chi connectivity index (χ0) is 12.6. The maximum absolute atomic E-state index is 12.3. The van der Waals surface area contributed by atoms with Gasteiger partial charge in [-0.2, -0.15) is 13.2 Å². The molecule has 0 atom stereocenters. The molecule has 0 radical (unpaired) electrons. The molecule has 0 saturated heterocycles. The monoisotopic (exact) mass is 254 g/mol. The van der Waals surface area contributed by atoms with Crippen molar-refractivity contribution >= 4 is 15.7 Å². The third kappa shape index (κ3) is 2.86. The van der Waals surface area contributed by atoms with Crippen molar-refractivity contribution in [3.05, 3.63) is 29.8 Å². The summed E-state index contributed by atoms with van der Waals surface area (Å²) in [7, 11) is -3.77. The summed E-state index contributed by atoms with van der Waals surface area (Å²) in [4.78, 5) is 0. The van der Waals surface area contributed by atoms with Crippen LogP contribution in [0.2, 0.25) is 0 Å². The first kappa shape index (κ1) is 12.8. The van der Waals surface area contributed by atoms with Gasteiger partial charge in [-0.25, -0.2) is 18.7 Å². The minimum absolute atomic E-state index is 0.239. The fraction of sp³-hybridized carbons (Fsp3) is 0.250. The predicted molar refractivity (Wildman–Crippen MR) is 53.0 cm³/mol. The van der Waals surface area contributed by atoms with Crippen LogP contribution in [-0.4, -0.2) is 14.7 Å². The fourth-order valence-electron chi connectivity index (χ4n) is 1.01. The minimum Gasteiger partial charge on any atom is -0.233 e. The number of hydrogen-bond acceptors (Lipinski definition) is 3. The number of hydrazine groups is 1. The Balaban J connectivity index is 3.19. The molecule has 0 aliphatic rings. The predicted octanol–water partition coefficient (Wildman–Crippen LogP) is 1.35. The van der Waals surface area contributed by atoms with E-state index in [2.05, 4.69) is 0 Å². The van der Waals surface area contributed by atoms with Gasteiger partial charge in [0, 0.05) is 0 Å². The van der Waals surface area contributed by atoms with Gasteiger partial charge in [0.1, 0.15) is 0 Å². The topological polar surface area (TPSA) is 63.4 Å². The molecule has 0 unspecified atom stereocenters. The van der Waals surface area contributed by atoms with E-state index in [1.165, 1.54) is 6.07 Å². The smallest absolute Gasteiger partial charge is 0.233 e. The average molecular weight is 254 g/mol. The first-order valence-electron chi connectivity index (χ1n) is 4.04. The highest BCUT2D eigenvalue weighted by molar-refractivity contribution is 7.92. The van der Waals surface area contributed by atoms with Crippen molar-refractivity contribution in [3.63, 3.8) is 0 Å². The first-order chi connectivity index (χ1) is 7.12. The molecule has 90 valence electrons. The van der Waals surface area contributed by atoms with Crippen LogP contribution in [0, 0.1) is 0 Å². The molecule has 0 aliphatic carbocycles. The molecule has 0 heterocycles. The molecule has 1 aromatic carbocycles. The number of hydrogen-bond donors (Lipinski definition) is 1.